The van der Waals surface area contributed by atoms with Gasteiger partial charge in [0.1, 0.15) is 0 Å². The predicted molar refractivity (Wildman–Crippen MR) is 53.8 cm³/mol. The first-order valence-electron chi connectivity index (χ1n) is 5.04. The van der Waals surface area contributed by atoms with Crippen LogP contribution in [0.3, 0.4) is 0 Å². The van der Waals surface area contributed by atoms with Gasteiger partial charge in [-0.05, 0) is 18.8 Å². The molecule has 1 N–H and O–H groups in total. The molecule has 0 radical (unpaired) electrons. The molecule has 0 unspecified atom stereocenters. The molecule has 1 fully saturated rings. The molecule has 1 aliphatic carbocycles. The summed E-state index contributed by atoms with van der Waals surface area (Å²) >= 11 is 0. The van der Waals surface area contributed by atoms with Gasteiger partial charge < -0.3 is 9.88 Å². The zero-order valence-corrected chi connectivity index (χ0v) is 8.33. The molecule has 0 aliphatic heterocycles. The molecule has 0 saturated heterocycles. The van der Waals surface area contributed by atoms with E-state index in [4.69, 9.17) is 0 Å². The highest BCUT2D eigenvalue weighted by atomic mass is 15.2. The second kappa shape index (κ2) is 3.40. The van der Waals surface area contributed by atoms with Crippen molar-refractivity contribution in [3.05, 3.63) is 12.4 Å². The van der Waals surface area contributed by atoms with E-state index in [2.05, 4.69) is 34.9 Å². The maximum atomic E-state index is 4.30. The van der Waals surface area contributed by atoms with Gasteiger partial charge in [0.15, 0.2) is 0 Å². The fourth-order valence-electron chi connectivity index (χ4n) is 1.39. The summed E-state index contributed by atoms with van der Waals surface area (Å²) in [5.74, 6) is 1.71. The summed E-state index contributed by atoms with van der Waals surface area (Å²) in [5, 5.41) is 3.37. The zero-order chi connectivity index (χ0) is 9.26. The summed E-state index contributed by atoms with van der Waals surface area (Å²) in [5.41, 5.74) is 0. The van der Waals surface area contributed by atoms with Crippen LogP contribution in [0, 0.1) is 5.92 Å². The van der Waals surface area contributed by atoms with Gasteiger partial charge in [-0.1, -0.05) is 13.8 Å². The van der Waals surface area contributed by atoms with Crippen LogP contribution in [-0.4, -0.2) is 16.1 Å². The minimum Gasteiger partial charge on any atom is -0.355 e. The highest BCUT2D eigenvalue weighted by Gasteiger charge is 2.25. The third-order valence-corrected chi connectivity index (χ3v) is 2.28. The van der Waals surface area contributed by atoms with Gasteiger partial charge in [-0.2, -0.15) is 0 Å². The minimum absolute atomic E-state index is 0.671. The first kappa shape index (κ1) is 8.60. The van der Waals surface area contributed by atoms with Gasteiger partial charge in [0.2, 0.25) is 5.95 Å². The van der Waals surface area contributed by atoms with E-state index in [1.165, 1.54) is 12.8 Å². The van der Waals surface area contributed by atoms with E-state index in [1.54, 1.807) is 0 Å². The Labute approximate surface area is 79.2 Å². The number of nitrogens with one attached hydrogen (secondary N) is 1. The standard InChI is InChI=1S/C10H17N3/c1-8(2)7-12-10-11-5-6-13(10)9-3-4-9/h5-6,8-9H,3-4,7H2,1-2H3,(H,11,12). The molecule has 1 aliphatic rings. The van der Waals surface area contributed by atoms with Crippen LogP contribution in [0.4, 0.5) is 5.95 Å². The van der Waals surface area contributed by atoms with E-state index in [-0.39, 0.29) is 0 Å². The molecule has 0 atom stereocenters. The number of hydrogen-bond donors (Lipinski definition) is 1. The van der Waals surface area contributed by atoms with E-state index in [0.29, 0.717) is 5.92 Å². The average molecular weight is 179 g/mol. The summed E-state index contributed by atoms with van der Waals surface area (Å²) in [6.45, 7) is 5.42. The summed E-state index contributed by atoms with van der Waals surface area (Å²) in [6.07, 6.45) is 6.57. The molecule has 1 aromatic rings. The summed E-state index contributed by atoms with van der Waals surface area (Å²) in [7, 11) is 0. The van der Waals surface area contributed by atoms with Crippen molar-refractivity contribution in [2.75, 3.05) is 11.9 Å². The molecule has 2 rings (SSSR count). The number of nitrogens with zero attached hydrogens (tertiary/aromatic N) is 2. The summed E-state index contributed by atoms with van der Waals surface area (Å²) in [4.78, 5) is 4.30. The third kappa shape index (κ3) is 2.02. The van der Waals surface area contributed by atoms with Crippen molar-refractivity contribution in [3.8, 4) is 0 Å². The van der Waals surface area contributed by atoms with Crippen molar-refractivity contribution >= 4 is 5.95 Å². The van der Waals surface area contributed by atoms with Gasteiger partial charge >= 0.3 is 0 Å². The molecule has 3 nitrogen and oxygen atoms in total. The van der Waals surface area contributed by atoms with Gasteiger partial charge in [0.25, 0.3) is 0 Å². The van der Waals surface area contributed by atoms with Crippen molar-refractivity contribution in [2.24, 2.45) is 5.92 Å². The molecular weight excluding hydrogens is 162 g/mol. The molecule has 0 bridgehead atoms. The zero-order valence-electron chi connectivity index (χ0n) is 8.33. The van der Waals surface area contributed by atoms with Crippen LogP contribution in [-0.2, 0) is 0 Å². The molecule has 0 aromatic carbocycles. The number of hydrogen-bond acceptors (Lipinski definition) is 2. The average Bonchev–Trinajstić information content (AvgIpc) is 2.82. The van der Waals surface area contributed by atoms with Crippen molar-refractivity contribution in [1.29, 1.82) is 0 Å². The fourth-order valence-corrected chi connectivity index (χ4v) is 1.39. The Kier molecular flexibility index (Phi) is 2.25. The molecule has 0 spiro atoms. The van der Waals surface area contributed by atoms with Crippen LogP contribution in [0.15, 0.2) is 12.4 Å². The van der Waals surface area contributed by atoms with E-state index in [0.717, 1.165) is 18.5 Å². The highest BCUT2D eigenvalue weighted by molar-refractivity contribution is 5.27. The molecule has 72 valence electrons. The number of imidazole rings is 1. The Morgan fingerprint density at radius 2 is 2.38 bits per heavy atom. The SMILES string of the molecule is CC(C)CNc1nccn1C1CC1. The van der Waals surface area contributed by atoms with Crippen LogP contribution >= 0.6 is 0 Å². The van der Waals surface area contributed by atoms with Crippen LogP contribution in [0.5, 0.6) is 0 Å². The largest absolute Gasteiger partial charge is 0.355 e. The Morgan fingerprint density at radius 3 is 3.00 bits per heavy atom. The van der Waals surface area contributed by atoms with E-state index in [1.807, 2.05) is 6.20 Å². The van der Waals surface area contributed by atoms with E-state index >= 15 is 0 Å². The van der Waals surface area contributed by atoms with Gasteiger partial charge in [-0.3, -0.25) is 0 Å². The number of anilines is 1. The lowest BCUT2D eigenvalue weighted by molar-refractivity contribution is 0.670. The molecule has 0 amide bonds. The van der Waals surface area contributed by atoms with Gasteiger partial charge in [-0.25, -0.2) is 4.98 Å². The van der Waals surface area contributed by atoms with Crippen LogP contribution in [0.25, 0.3) is 0 Å². The van der Waals surface area contributed by atoms with Crippen LogP contribution < -0.4 is 5.32 Å². The summed E-state index contributed by atoms with van der Waals surface area (Å²) < 4.78 is 2.25. The lowest BCUT2D eigenvalue weighted by Gasteiger charge is -2.10. The van der Waals surface area contributed by atoms with Crippen LogP contribution in [0.2, 0.25) is 0 Å². The first-order valence-corrected chi connectivity index (χ1v) is 5.04. The maximum Gasteiger partial charge on any atom is 0.203 e. The lowest BCUT2D eigenvalue weighted by atomic mass is 10.2. The first-order chi connectivity index (χ1) is 6.27. The minimum atomic E-state index is 0.671. The molecule has 1 heterocycles. The molecule has 13 heavy (non-hydrogen) atoms. The monoisotopic (exact) mass is 179 g/mol. The van der Waals surface area contributed by atoms with Gasteiger partial charge in [0.05, 0.1) is 0 Å². The molecule has 1 saturated carbocycles. The van der Waals surface area contributed by atoms with Gasteiger partial charge in [0, 0.05) is 25.0 Å². The van der Waals surface area contributed by atoms with Gasteiger partial charge in [-0.15, -0.1) is 0 Å². The number of rotatable bonds is 4. The second-order valence-corrected chi connectivity index (χ2v) is 4.16. The normalized spacial score (nSPS) is 16.5. The number of aromatic nitrogens is 2. The smallest absolute Gasteiger partial charge is 0.203 e. The predicted octanol–water partition coefficient (Wildman–Crippen LogP) is 2.29. The highest BCUT2D eigenvalue weighted by Crippen LogP contribution is 2.36. The second-order valence-electron chi connectivity index (χ2n) is 4.16. The molecule has 1 aromatic heterocycles. The quantitative estimate of drug-likeness (QED) is 0.768. The molecular formula is C10H17N3. The Morgan fingerprint density at radius 1 is 1.62 bits per heavy atom. The third-order valence-electron chi connectivity index (χ3n) is 2.28. The Hall–Kier alpha value is -0.990. The lowest BCUT2D eigenvalue weighted by Crippen LogP contribution is -2.12. The topological polar surface area (TPSA) is 29.9 Å². The van der Waals surface area contributed by atoms with Crippen molar-refractivity contribution in [3.63, 3.8) is 0 Å². The van der Waals surface area contributed by atoms with Crippen molar-refractivity contribution in [1.82, 2.24) is 9.55 Å². The maximum absolute atomic E-state index is 4.30. The summed E-state index contributed by atoms with van der Waals surface area (Å²) in [6, 6.07) is 0.720. The van der Waals surface area contributed by atoms with E-state index in [9.17, 15) is 0 Å². The fraction of sp³-hybridized carbons (Fsp3) is 0.700. The molecule has 3 heteroatoms. The van der Waals surface area contributed by atoms with Crippen molar-refractivity contribution < 1.29 is 0 Å². The Bertz CT molecular complexity index is 273. The van der Waals surface area contributed by atoms with Crippen LogP contribution in [0.1, 0.15) is 32.7 Å². The van der Waals surface area contributed by atoms with E-state index < -0.39 is 0 Å². The van der Waals surface area contributed by atoms with Crippen molar-refractivity contribution in [2.45, 2.75) is 32.7 Å². The Balaban J connectivity index is 1.98.